The van der Waals surface area contributed by atoms with Gasteiger partial charge < -0.3 is 19.5 Å². The number of aryl methyl sites for hydroxylation is 1. The molecule has 10 heteroatoms. The highest BCUT2D eigenvalue weighted by atomic mass is 19.4. The fourth-order valence-corrected chi connectivity index (χ4v) is 3.65. The van der Waals surface area contributed by atoms with Gasteiger partial charge in [-0.25, -0.2) is 4.79 Å². The summed E-state index contributed by atoms with van der Waals surface area (Å²) in [6.07, 6.45) is 1.27. The number of halogens is 3. The number of carboxylic acid groups (broad SMARTS) is 1. The van der Waals surface area contributed by atoms with Crippen molar-refractivity contribution in [2.24, 2.45) is 5.92 Å². The largest absolute Gasteiger partial charge is 0.490 e. The van der Waals surface area contributed by atoms with Crippen LogP contribution in [0, 0.1) is 12.8 Å². The normalized spacial score (nSPS) is 25.9. The van der Waals surface area contributed by atoms with Gasteiger partial charge in [-0.3, -0.25) is 9.78 Å². The number of aromatic nitrogens is 1. The van der Waals surface area contributed by atoms with E-state index in [9.17, 15) is 18.0 Å². The number of amides is 1. The average molecular weight is 430 g/mol. The predicted molar refractivity (Wildman–Crippen MR) is 98.9 cm³/mol. The first-order chi connectivity index (χ1) is 14.2. The minimum Gasteiger partial charge on any atom is -0.475 e. The van der Waals surface area contributed by atoms with Gasteiger partial charge in [-0.15, -0.1) is 0 Å². The van der Waals surface area contributed by atoms with Gasteiger partial charge in [-0.05, 0) is 50.7 Å². The minimum absolute atomic E-state index is 0.0282. The summed E-state index contributed by atoms with van der Waals surface area (Å²) in [4.78, 5) is 28.0. The van der Waals surface area contributed by atoms with Gasteiger partial charge in [-0.1, -0.05) is 0 Å². The molecule has 7 nitrogen and oxygen atoms in total. The molecule has 0 spiro atoms. The summed E-state index contributed by atoms with van der Waals surface area (Å²) in [5, 5.41) is 7.12. The number of carbonyl (C=O) groups is 2. The zero-order chi connectivity index (χ0) is 21.9. The number of alkyl halides is 3. The molecule has 2 heterocycles. The Balaban J connectivity index is 0.000000318. The molecule has 3 aliphatic rings. The monoisotopic (exact) mass is 430 g/mol. The third kappa shape index (κ3) is 5.69. The number of aliphatic carboxylic acids is 1. The first-order valence-electron chi connectivity index (χ1n) is 9.93. The molecule has 1 aliphatic heterocycles. The molecule has 3 unspecified atom stereocenters. The Kier molecular flexibility index (Phi) is 6.97. The number of hydrogen-bond acceptors (Lipinski definition) is 5. The van der Waals surface area contributed by atoms with E-state index in [0.717, 1.165) is 31.1 Å². The molecule has 3 atom stereocenters. The highest BCUT2D eigenvalue weighted by Crippen LogP contribution is 2.35. The van der Waals surface area contributed by atoms with Crippen molar-refractivity contribution in [2.75, 3.05) is 19.8 Å². The van der Waals surface area contributed by atoms with E-state index in [1.165, 1.54) is 12.8 Å². The summed E-state index contributed by atoms with van der Waals surface area (Å²) in [6.45, 7) is 3.97. The highest BCUT2D eigenvalue weighted by Gasteiger charge is 2.45. The molecule has 4 rings (SSSR count). The molecular weight excluding hydrogens is 405 g/mol. The van der Waals surface area contributed by atoms with E-state index in [-0.39, 0.29) is 24.2 Å². The lowest BCUT2D eigenvalue weighted by Gasteiger charge is -2.31. The van der Waals surface area contributed by atoms with Gasteiger partial charge in [0.15, 0.2) is 0 Å². The van der Waals surface area contributed by atoms with Crippen molar-refractivity contribution in [3.63, 3.8) is 0 Å². The number of ether oxygens (including phenoxy) is 2. The molecule has 2 saturated carbocycles. The van der Waals surface area contributed by atoms with Crippen LogP contribution in [0.4, 0.5) is 13.2 Å². The van der Waals surface area contributed by atoms with E-state index in [1.54, 1.807) is 6.20 Å². The van der Waals surface area contributed by atoms with Crippen LogP contribution < -0.4 is 0 Å². The van der Waals surface area contributed by atoms with Crippen LogP contribution in [0.3, 0.4) is 0 Å². The summed E-state index contributed by atoms with van der Waals surface area (Å²) >= 11 is 0. The molecule has 0 radical (unpaired) electrons. The van der Waals surface area contributed by atoms with Crippen molar-refractivity contribution in [3.05, 3.63) is 29.6 Å². The van der Waals surface area contributed by atoms with Gasteiger partial charge in [0.05, 0.1) is 24.3 Å². The third-order valence-electron chi connectivity index (χ3n) is 5.44. The topological polar surface area (TPSA) is 89.0 Å². The van der Waals surface area contributed by atoms with Crippen molar-refractivity contribution in [1.29, 1.82) is 0 Å². The van der Waals surface area contributed by atoms with Crippen LogP contribution in [0.2, 0.25) is 0 Å². The molecule has 2 aliphatic carbocycles. The van der Waals surface area contributed by atoms with Gasteiger partial charge >= 0.3 is 12.1 Å². The first-order valence-corrected chi connectivity index (χ1v) is 9.93. The smallest absolute Gasteiger partial charge is 0.475 e. The van der Waals surface area contributed by atoms with E-state index >= 15 is 0 Å². The number of rotatable bonds is 4. The second-order valence-electron chi connectivity index (χ2n) is 7.78. The third-order valence-corrected chi connectivity index (χ3v) is 5.44. The summed E-state index contributed by atoms with van der Waals surface area (Å²) in [6, 6.07) is 3.89. The van der Waals surface area contributed by atoms with E-state index in [0.29, 0.717) is 18.7 Å². The maximum atomic E-state index is 12.9. The molecule has 166 valence electrons. The van der Waals surface area contributed by atoms with E-state index in [2.05, 4.69) is 4.98 Å². The van der Waals surface area contributed by atoms with Gasteiger partial charge in [0.25, 0.3) is 5.91 Å². The van der Waals surface area contributed by atoms with Crippen LogP contribution >= 0.6 is 0 Å². The highest BCUT2D eigenvalue weighted by molar-refractivity contribution is 5.94. The second kappa shape index (κ2) is 9.30. The number of carbonyl (C=O) groups excluding carboxylic acids is 1. The standard InChI is InChI=1S/C18H24N2O3.C2HF3O2/c1-12-2-5-14(10-19-12)18(21)20-8-9-22-16-7-6-15(20)17(16)23-11-13-3-4-13;3-2(4,5)1(6)7/h2,5,10,13,15-17H,3-4,6-9,11H2,1H3;(H,6,7). The maximum Gasteiger partial charge on any atom is 0.490 e. The Labute approximate surface area is 172 Å². The molecule has 1 amide bonds. The fourth-order valence-electron chi connectivity index (χ4n) is 3.65. The molecule has 3 fully saturated rings. The average Bonchev–Trinajstić information content (AvgIpc) is 3.44. The van der Waals surface area contributed by atoms with Gasteiger partial charge in [0.2, 0.25) is 0 Å². The Morgan fingerprint density at radius 3 is 2.53 bits per heavy atom. The molecule has 1 saturated heterocycles. The molecule has 0 aromatic carbocycles. The van der Waals surface area contributed by atoms with Crippen LogP contribution in [0.5, 0.6) is 0 Å². The van der Waals surface area contributed by atoms with Gasteiger partial charge in [0.1, 0.15) is 6.10 Å². The SMILES string of the molecule is Cc1ccc(C(=O)N2CCOC3CCC2C3OCC2CC2)cn1.O=C(O)C(F)(F)F. The number of hydrogen-bond donors (Lipinski definition) is 1. The van der Waals surface area contributed by atoms with Crippen molar-refractivity contribution < 1.29 is 37.3 Å². The Morgan fingerprint density at radius 2 is 1.97 bits per heavy atom. The fraction of sp³-hybridized carbons (Fsp3) is 0.650. The Morgan fingerprint density at radius 1 is 1.27 bits per heavy atom. The Bertz CT molecular complexity index is 752. The summed E-state index contributed by atoms with van der Waals surface area (Å²) in [7, 11) is 0. The van der Waals surface area contributed by atoms with Crippen LogP contribution in [0.25, 0.3) is 0 Å². The van der Waals surface area contributed by atoms with Crippen LogP contribution in [-0.4, -0.2) is 71.1 Å². The molecule has 1 aromatic rings. The van der Waals surface area contributed by atoms with Crippen molar-refractivity contribution in [2.45, 2.75) is 57.0 Å². The molecule has 30 heavy (non-hydrogen) atoms. The lowest BCUT2D eigenvalue weighted by molar-refractivity contribution is -0.192. The lowest BCUT2D eigenvalue weighted by atomic mass is 10.1. The van der Waals surface area contributed by atoms with Crippen molar-refractivity contribution in [3.8, 4) is 0 Å². The zero-order valence-corrected chi connectivity index (χ0v) is 16.6. The maximum absolute atomic E-state index is 12.9. The van der Waals surface area contributed by atoms with Crippen LogP contribution in [-0.2, 0) is 14.3 Å². The summed E-state index contributed by atoms with van der Waals surface area (Å²) < 4.78 is 43.9. The van der Waals surface area contributed by atoms with E-state index < -0.39 is 12.1 Å². The summed E-state index contributed by atoms with van der Waals surface area (Å²) in [5.74, 6) is -1.98. The lowest BCUT2D eigenvalue weighted by Crippen LogP contribution is -2.46. The minimum atomic E-state index is -5.08. The zero-order valence-electron chi connectivity index (χ0n) is 16.6. The predicted octanol–water partition coefficient (Wildman–Crippen LogP) is 2.82. The molecular formula is C20H25F3N2O5. The van der Waals surface area contributed by atoms with Gasteiger partial charge in [-0.2, -0.15) is 13.2 Å². The van der Waals surface area contributed by atoms with Crippen LogP contribution in [0.15, 0.2) is 18.3 Å². The van der Waals surface area contributed by atoms with Crippen molar-refractivity contribution >= 4 is 11.9 Å². The number of fused-ring (bicyclic) bond motifs is 2. The van der Waals surface area contributed by atoms with Gasteiger partial charge in [0, 0.05) is 25.0 Å². The number of carboxylic acids is 1. The second-order valence-corrected chi connectivity index (χ2v) is 7.78. The summed E-state index contributed by atoms with van der Waals surface area (Å²) in [5.41, 5.74) is 1.58. The quantitative estimate of drug-likeness (QED) is 0.790. The van der Waals surface area contributed by atoms with E-state index in [4.69, 9.17) is 19.4 Å². The molecule has 2 bridgehead atoms. The Hall–Kier alpha value is -2.20. The van der Waals surface area contributed by atoms with Crippen molar-refractivity contribution in [1.82, 2.24) is 9.88 Å². The first kappa shape index (κ1) is 22.5. The molecule has 1 N–H and O–H groups in total. The van der Waals surface area contributed by atoms with Crippen LogP contribution in [0.1, 0.15) is 41.7 Å². The van der Waals surface area contributed by atoms with E-state index in [1.807, 2.05) is 24.0 Å². The molecule has 1 aromatic heterocycles. The number of pyridine rings is 1. The number of nitrogens with zero attached hydrogens (tertiary/aromatic N) is 2.